The lowest BCUT2D eigenvalue weighted by atomic mass is 9.97. The van der Waals surface area contributed by atoms with Crippen molar-refractivity contribution in [3.05, 3.63) is 50.9 Å². The van der Waals surface area contributed by atoms with Gasteiger partial charge in [0, 0.05) is 17.1 Å². The molecule has 4 nitrogen and oxygen atoms in total. The van der Waals surface area contributed by atoms with Crippen LogP contribution in [0.4, 0.5) is 0 Å². The third-order valence-corrected chi connectivity index (χ3v) is 5.59. The molecular weight excluding hydrogens is 334 g/mol. The Bertz CT molecular complexity index is 756. The van der Waals surface area contributed by atoms with E-state index in [2.05, 4.69) is 6.08 Å². The van der Waals surface area contributed by atoms with Gasteiger partial charge in [-0.25, -0.2) is 4.79 Å². The molecule has 2 heterocycles. The minimum Gasteiger partial charge on any atom is -0.465 e. The maximum absolute atomic E-state index is 12.9. The zero-order valence-corrected chi connectivity index (χ0v) is 15.5. The van der Waals surface area contributed by atoms with E-state index in [1.165, 1.54) is 25.5 Å². The number of nitrogens with zero attached hydrogens (tertiary/aromatic N) is 1. The standard InChI is InChI=1S/C20H23NO3S/c1-14-18(20(23)24-2)17(13-16-9-6-12-25-16)19(22)21(14)11-10-15-7-4-3-5-8-15/h6-7,9,12-13H,3-5,8,10-11H2,1-2H3/b17-13+. The van der Waals surface area contributed by atoms with Crippen LogP contribution < -0.4 is 0 Å². The molecule has 1 aromatic heterocycles. The van der Waals surface area contributed by atoms with Gasteiger partial charge >= 0.3 is 5.97 Å². The van der Waals surface area contributed by atoms with Crippen LogP contribution in [-0.4, -0.2) is 30.4 Å². The van der Waals surface area contributed by atoms with E-state index in [1.54, 1.807) is 22.3 Å². The van der Waals surface area contributed by atoms with Crippen LogP contribution >= 0.6 is 11.3 Å². The molecule has 0 N–H and O–H groups in total. The smallest absolute Gasteiger partial charge is 0.340 e. The Kier molecular flexibility index (Phi) is 5.53. The lowest BCUT2D eigenvalue weighted by molar-refractivity contribution is -0.136. The second kappa shape index (κ2) is 7.83. The van der Waals surface area contributed by atoms with E-state index in [1.807, 2.05) is 24.4 Å². The number of allylic oxidation sites excluding steroid dienone is 2. The molecule has 1 aliphatic heterocycles. The van der Waals surface area contributed by atoms with Gasteiger partial charge in [-0.2, -0.15) is 0 Å². The molecule has 0 bridgehead atoms. The Hall–Kier alpha value is -2.14. The van der Waals surface area contributed by atoms with Crippen LogP contribution in [0.25, 0.3) is 6.08 Å². The van der Waals surface area contributed by atoms with Crippen LogP contribution in [0.1, 0.15) is 43.9 Å². The molecule has 2 aliphatic rings. The monoisotopic (exact) mass is 357 g/mol. The Morgan fingerprint density at radius 2 is 2.24 bits per heavy atom. The summed E-state index contributed by atoms with van der Waals surface area (Å²) in [5.74, 6) is -0.559. The molecule has 0 unspecified atom stereocenters. The maximum atomic E-state index is 12.9. The first-order valence-electron chi connectivity index (χ1n) is 8.66. The topological polar surface area (TPSA) is 46.6 Å². The van der Waals surface area contributed by atoms with E-state index < -0.39 is 5.97 Å². The molecule has 1 aliphatic carbocycles. The molecule has 25 heavy (non-hydrogen) atoms. The van der Waals surface area contributed by atoms with Crippen LogP contribution in [0.2, 0.25) is 0 Å². The van der Waals surface area contributed by atoms with E-state index in [0.29, 0.717) is 23.4 Å². The van der Waals surface area contributed by atoms with Crippen LogP contribution in [0.3, 0.4) is 0 Å². The number of esters is 1. The lowest BCUT2D eigenvalue weighted by Crippen LogP contribution is -2.26. The first-order valence-corrected chi connectivity index (χ1v) is 9.54. The van der Waals surface area contributed by atoms with Gasteiger partial charge in [0.05, 0.1) is 18.3 Å². The number of hydrogen-bond donors (Lipinski definition) is 0. The van der Waals surface area contributed by atoms with Gasteiger partial charge in [-0.1, -0.05) is 17.7 Å². The van der Waals surface area contributed by atoms with Gasteiger partial charge in [0.2, 0.25) is 0 Å². The zero-order chi connectivity index (χ0) is 17.8. The largest absolute Gasteiger partial charge is 0.465 e. The third-order valence-electron chi connectivity index (χ3n) is 4.77. The predicted molar refractivity (Wildman–Crippen MR) is 99.9 cm³/mol. The molecule has 0 saturated heterocycles. The molecule has 0 spiro atoms. The second-order valence-electron chi connectivity index (χ2n) is 6.34. The normalized spacial score (nSPS) is 19.6. The van der Waals surface area contributed by atoms with Gasteiger partial charge in [0.1, 0.15) is 0 Å². The number of carbonyl (C=O) groups is 2. The molecule has 1 aromatic rings. The van der Waals surface area contributed by atoms with Gasteiger partial charge in [0.25, 0.3) is 5.91 Å². The highest BCUT2D eigenvalue weighted by atomic mass is 32.1. The van der Waals surface area contributed by atoms with E-state index >= 15 is 0 Å². The number of thiophene rings is 1. The fourth-order valence-electron chi connectivity index (χ4n) is 3.40. The summed E-state index contributed by atoms with van der Waals surface area (Å²) in [6, 6.07) is 3.86. The van der Waals surface area contributed by atoms with E-state index in [9.17, 15) is 9.59 Å². The maximum Gasteiger partial charge on any atom is 0.340 e. The summed E-state index contributed by atoms with van der Waals surface area (Å²) < 4.78 is 4.92. The summed E-state index contributed by atoms with van der Waals surface area (Å²) >= 11 is 1.54. The van der Waals surface area contributed by atoms with E-state index in [0.717, 1.165) is 24.1 Å². The first kappa shape index (κ1) is 17.7. The first-order chi connectivity index (χ1) is 12.1. The summed E-state index contributed by atoms with van der Waals surface area (Å²) in [4.78, 5) is 27.9. The SMILES string of the molecule is COC(=O)C1=C(C)N(CCC2=CCCCC2)C(=O)/C1=C/c1cccs1. The number of hydrogen-bond acceptors (Lipinski definition) is 4. The summed E-state index contributed by atoms with van der Waals surface area (Å²) in [7, 11) is 1.35. The fourth-order valence-corrected chi connectivity index (χ4v) is 4.06. The van der Waals surface area contributed by atoms with Crippen molar-refractivity contribution in [3.8, 4) is 0 Å². The van der Waals surface area contributed by atoms with Crippen molar-refractivity contribution in [2.75, 3.05) is 13.7 Å². The average molecular weight is 357 g/mol. The molecular formula is C20H23NO3S. The highest BCUT2D eigenvalue weighted by Crippen LogP contribution is 2.33. The van der Waals surface area contributed by atoms with Gasteiger partial charge in [-0.05, 0) is 56.6 Å². The van der Waals surface area contributed by atoms with Crippen LogP contribution in [-0.2, 0) is 14.3 Å². The molecule has 0 atom stereocenters. The van der Waals surface area contributed by atoms with Gasteiger partial charge in [-0.3, -0.25) is 4.79 Å². The van der Waals surface area contributed by atoms with Crippen LogP contribution in [0.5, 0.6) is 0 Å². The minimum absolute atomic E-state index is 0.109. The van der Waals surface area contributed by atoms with E-state index in [-0.39, 0.29) is 5.91 Å². The summed E-state index contributed by atoms with van der Waals surface area (Å²) in [6.07, 6.45) is 9.69. The third kappa shape index (κ3) is 3.76. The highest BCUT2D eigenvalue weighted by Gasteiger charge is 2.36. The van der Waals surface area contributed by atoms with Crippen molar-refractivity contribution in [2.24, 2.45) is 0 Å². The zero-order valence-electron chi connectivity index (χ0n) is 14.7. The number of ether oxygens (including phenoxy) is 1. The van der Waals surface area contributed by atoms with Crippen molar-refractivity contribution < 1.29 is 14.3 Å². The Labute approximate surface area is 152 Å². The predicted octanol–water partition coefficient (Wildman–Crippen LogP) is 4.31. The number of rotatable bonds is 5. The quantitative estimate of drug-likeness (QED) is 0.448. The fraction of sp³-hybridized carbons (Fsp3) is 0.400. The number of amides is 1. The van der Waals surface area contributed by atoms with Gasteiger partial charge < -0.3 is 9.64 Å². The van der Waals surface area contributed by atoms with E-state index in [4.69, 9.17) is 4.74 Å². The molecule has 1 amide bonds. The van der Waals surface area contributed by atoms with Crippen molar-refractivity contribution in [2.45, 2.75) is 39.0 Å². The molecule has 0 fully saturated rings. The summed E-state index contributed by atoms with van der Waals surface area (Å²) in [5, 5.41) is 1.95. The van der Waals surface area contributed by atoms with Crippen molar-refractivity contribution in [1.29, 1.82) is 0 Å². The summed E-state index contributed by atoms with van der Waals surface area (Å²) in [5.41, 5.74) is 2.93. The Morgan fingerprint density at radius 1 is 1.40 bits per heavy atom. The Balaban J connectivity index is 1.86. The average Bonchev–Trinajstić information content (AvgIpc) is 3.22. The van der Waals surface area contributed by atoms with Crippen LogP contribution in [0, 0.1) is 0 Å². The van der Waals surface area contributed by atoms with Gasteiger partial charge in [0.15, 0.2) is 0 Å². The second-order valence-corrected chi connectivity index (χ2v) is 7.32. The molecule has 0 radical (unpaired) electrons. The lowest BCUT2D eigenvalue weighted by Gasteiger charge is -2.20. The van der Waals surface area contributed by atoms with Crippen molar-refractivity contribution in [3.63, 3.8) is 0 Å². The molecule has 0 saturated carbocycles. The highest BCUT2D eigenvalue weighted by molar-refractivity contribution is 7.10. The molecule has 3 rings (SSSR count). The molecule has 132 valence electrons. The van der Waals surface area contributed by atoms with Crippen LogP contribution in [0.15, 0.2) is 46.0 Å². The van der Waals surface area contributed by atoms with Crippen molar-refractivity contribution in [1.82, 2.24) is 4.90 Å². The molecule has 5 heteroatoms. The summed E-state index contributed by atoms with van der Waals surface area (Å²) in [6.45, 7) is 2.44. The van der Waals surface area contributed by atoms with Crippen molar-refractivity contribution >= 4 is 29.3 Å². The van der Waals surface area contributed by atoms with Gasteiger partial charge in [-0.15, -0.1) is 11.3 Å². The molecule has 0 aromatic carbocycles. The minimum atomic E-state index is -0.451. The number of methoxy groups -OCH3 is 1. The Morgan fingerprint density at radius 3 is 2.88 bits per heavy atom. The number of carbonyl (C=O) groups excluding carboxylic acids is 2.